The zero-order valence-electron chi connectivity index (χ0n) is 12.3. The number of nitrogens with one attached hydrogen (secondary N) is 1. The highest BCUT2D eigenvalue weighted by Gasteiger charge is 2.31. The summed E-state index contributed by atoms with van der Waals surface area (Å²) in [5, 5.41) is 4.98. The largest absolute Gasteiger partial charge is 0.469 e. The van der Waals surface area contributed by atoms with Gasteiger partial charge in [0.2, 0.25) is 5.91 Å². The molecule has 1 aliphatic rings. The van der Waals surface area contributed by atoms with Crippen molar-refractivity contribution in [2.24, 2.45) is 5.92 Å². The Labute approximate surface area is 129 Å². The van der Waals surface area contributed by atoms with Crippen LogP contribution in [0.4, 0.5) is 0 Å². The minimum atomic E-state index is -0.208. The number of aromatic nitrogens is 1. The highest BCUT2D eigenvalue weighted by molar-refractivity contribution is 7.07. The quantitative estimate of drug-likeness (QED) is 0.669. The van der Waals surface area contributed by atoms with Gasteiger partial charge in [0.25, 0.3) is 0 Å². The Bertz CT molecular complexity index is 461. The molecule has 0 aromatic carbocycles. The van der Waals surface area contributed by atoms with Crippen LogP contribution < -0.4 is 5.32 Å². The van der Waals surface area contributed by atoms with E-state index in [0.29, 0.717) is 12.8 Å². The molecule has 0 saturated heterocycles. The molecule has 1 heterocycles. The van der Waals surface area contributed by atoms with E-state index in [1.807, 2.05) is 5.38 Å². The molecule has 6 heteroatoms. The second kappa shape index (κ2) is 8.12. The number of carbonyl (C=O) groups is 2. The first-order valence-electron chi connectivity index (χ1n) is 7.45. The molecule has 1 amide bonds. The number of rotatable bonds is 5. The van der Waals surface area contributed by atoms with E-state index >= 15 is 0 Å². The van der Waals surface area contributed by atoms with E-state index < -0.39 is 0 Å². The van der Waals surface area contributed by atoms with E-state index in [4.69, 9.17) is 4.74 Å². The SMILES string of the molecule is COC(=O)[C@@H]1CCCCC[C@H]1NC(=O)CCc1cscn1. The first-order chi connectivity index (χ1) is 10.2. The van der Waals surface area contributed by atoms with Crippen molar-refractivity contribution in [2.75, 3.05) is 7.11 Å². The maximum atomic E-state index is 12.1. The lowest BCUT2D eigenvalue weighted by Gasteiger charge is -2.24. The minimum absolute atomic E-state index is 0.0104. The van der Waals surface area contributed by atoms with Crippen molar-refractivity contribution in [1.29, 1.82) is 0 Å². The number of thiazole rings is 1. The number of esters is 1. The first-order valence-corrected chi connectivity index (χ1v) is 8.39. The van der Waals surface area contributed by atoms with Crippen molar-refractivity contribution in [3.8, 4) is 0 Å². The fourth-order valence-corrected chi connectivity index (χ4v) is 3.39. The van der Waals surface area contributed by atoms with Crippen LogP contribution in [0.3, 0.4) is 0 Å². The molecule has 21 heavy (non-hydrogen) atoms. The molecule has 1 N–H and O–H groups in total. The molecule has 2 atom stereocenters. The highest BCUT2D eigenvalue weighted by Crippen LogP contribution is 2.24. The zero-order chi connectivity index (χ0) is 15.1. The predicted octanol–water partition coefficient (Wildman–Crippen LogP) is 2.31. The minimum Gasteiger partial charge on any atom is -0.469 e. The summed E-state index contributed by atoms with van der Waals surface area (Å²) in [6, 6.07) is -0.0946. The summed E-state index contributed by atoms with van der Waals surface area (Å²) in [6.07, 6.45) is 5.87. The molecule has 5 nitrogen and oxygen atoms in total. The Morgan fingerprint density at radius 1 is 1.38 bits per heavy atom. The molecule has 2 rings (SSSR count). The second-order valence-electron chi connectivity index (χ2n) is 5.42. The molecular weight excluding hydrogens is 288 g/mol. The van der Waals surface area contributed by atoms with Gasteiger partial charge in [0.15, 0.2) is 0 Å². The van der Waals surface area contributed by atoms with E-state index in [2.05, 4.69) is 10.3 Å². The topological polar surface area (TPSA) is 68.3 Å². The third-order valence-electron chi connectivity index (χ3n) is 3.96. The van der Waals surface area contributed by atoms with Gasteiger partial charge in [0.05, 0.1) is 24.2 Å². The number of hydrogen-bond acceptors (Lipinski definition) is 5. The van der Waals surface area contributed by atoms with Crippen LogP contribution in [-0.4, -0.2) is 30.0 Å². The van der Waals surface area contributed by atoms with Crippen molar-refractivity contribution in [3.63, 3.8) is 0 Å². The summed E-state index contributed by atoms with van der Waals surface area (Å²) in [7, 11) is 1.41. The first kappa shape index (κ1) is 15.9. The number of carbonyl (C=O) groups excluding carboxylic acids is 2. The van der Waals surface area contributed by atoms with Gasteiger partial charge in [-0.1, -0.05) is 19.3 Å². The number of nitrogens with zero attached hydrogens (tertiary/aromatic N) is 1. The van der Waals surface area contributed by atoms with Crippen LogP contribution in [0.15, 0.2) is 10.9 Å². The van der Waals surface area contributed by atoms with Crippen LogP contribution in [0.1, 0.15) is 44.2 Å². The van der Waals surface area contributed by atoms with Gasteiger partial charge in [-0.3, -0.25) is 9.59 Å². The summed E-state index contributed by atoms with van der Waals surface area (Å²) in [5.74, 6) is -0.425. The molecule has 1 aromatic rings. The van der Waals surface area contributed by atoms with Crippen LogP contribution in [0.25, 0.3) is 0 Å². The fraction of sp³-hybridized carbons (Fsp3) is 0.667. The van der Waals surface area contributed by atoms with Crippen molar-refractivity contribution in [2.45, 2.75) is 51.0 Å². The van der Waals surface area contributed by atoms with Crippen LogP contribution >= 0.6 is 11.3 Å². The predicted molar refractivity (Wildman–Crippen MR) is 81.0 cm³/mol. The molecule has 0 unspecified atom stereocenters. The lowest BCUT2D eigenvalue weighted by Crippen LogP contribution is -2.43. The highest BCUT2D eigenvalue weighted by atomic mass is 32.1. The van der Waals surface area contributed by atoms with Crippen molar-refractivity contribution >= 4 is 23.2 Å². The van der Waals surface area contributed by atoms with Crippen molar-refractivity contribution < 1.29 is 14.3 Å². The number of methoxy groups -OCH3 is 1. The molecule has 1 saturated carbocycles. The molecular formula is C15H22N2O3S. The van der Waals surface area contributed by atoms with Crippen LogP contribution in [0.2, 0.25) is 0 Å². The van der Waals surface area contributed by atoms with E-state index in [-0.39, 0.29) is 23.8 Å². The van der Waals surface area contributed by atoms with E-state index in [9.17, 15) is 9.59 Å². The van der Waals surface area contributed by atoms with Gasteiger partial charge in [-0.05, 0) is 19.3 Å². The summed E-state index contributed by atoms with van der Waals surface area (Å²) >= 11 is 1.53. The number of ether oxygens (including phenoxy) is 1. The third kappa shape index (κ3) is 4.81. The molecule has 0 spiro atoms. The summed E-state index contributed by atoms with van der Waals surface area (Å²) in [4.78, 5) is 28.1. The van der Waals surface area contributed by atoms with Gasteiger partial charge in [-0.2, -0.15) is 0 Å². The Hall–Kier alpha value is -1.43. The Morgan fingerprint density at radius 3 is 2.90 bits per heavy atom. The maximum absolute atomic E-state index is 12.1. The molecule has 0 aliphatic heterocycles. The average Bonchev–Trinajstić information content (AvgIpc) is 2.91. The van der Waals surface area contributed by atoms with Gasteiger partial charge in [0.1, 0.15) is 0 Å². The summed E-state index contributed by atoms with van der Waals surface area (Å²) in [5.41, 5.74) is 2.71. The van der Waals surface area contributed by atoms with Gasteiger partial charge < -0.3 is 10.1 Å². The molecule has 0 bridgehead atoms. The molecule has 1 aliphatic carbocycles. The van der Waals surface area contributed by atoms with E-state index in [0.717, 1.165) is 37.8 Å². The lowest BCUT2D eigenvalue weighted by atomic mass is 9.94. The van der Waals surface area contributed by atoms with Crippen LogP contribution in [0.5, 0.6) is 0 Å². The van der Waals surface area contributed by atoms with Crippen molar-refractivity contribution in [3.05, 3.63) is 16.6 Å². The number of amides is 1. The zero-order valence-corrected chi connectivity index (χ0v) is 13.2. The van der Waals surface area contributed by atoms with E-state index in [1.165, 1.54) is 18.4 Å². The molecule has 0 radical (unpaired) electrons. The van der Waals surface area contributed by atoms with Crippen LogP contribution in [-0.2, 0) is 20.7 Å². The molecule has 1 aromatic heterocycles. The number of aryl methyl sites for hydroxylation is 1. The fourth-order valence-electron chi connectivity index (χ4n) is 2.80. The normalized spacial score (nSPS) is 22.3. The summed E-state index contributed by atoms with van der Waals surface area (Å²) < 4.78 is 4.88. The number of hydrogen-bond donors (Lipinski definition) is 1. The smallest absolute Gasteiger partial charge is 0.310 e. The van der Waals surface area contributed by atoms with Gasteiger partial charge in [-0.25, -0.2) is 4.98 Å². The maximum Gasteiger partial charge on any atom is 0.310 e. The monoisotopic (exact) mass is 310 g/mol. The van der Waals surface area contributed by atoms with Gasteiger partial charge in [0, 0.05) is 17.8 Å². The lowest BCUT2D eigenvalue weighted by molar-refractivity contribution is -0.147. The Kier molecular flexibility index (Phi) is 6.17. The van der Waals surface area contributed by atoms with Crippen molar-refractivity contribution in [1.82, 2.24) is 10.3 Å². The van der Waals surface area contributed by atoms with Gasteiger partial charge in [-0.15, -0.1) is 11.3 Å². The molecule has 116 valence electrons. The van der Waals surface area contributed by atoms with Gasteiger partial charge >= 0.3 is 5.97 Å². The third-order valence-corrected chi connectivity index (χ3v) is 4.59. The Balaban J connectivity index is 1.87. The van der Waals surface area contributed by atoms with Crippen LogP contribution in [0, 0.1) is 5.92 Å². The van der Waals surface area contributed by atoms with E-state index in [1.54, 1.807) is 5.51 Å². The second-order valence-corrected chi connectivity index (χ2v) is 6.14. The molecule has 1 fully saturated rings. The standard InChI is InChI=1S/C15H22N2O3S/c1-20-15(19)12-5-3-2-4-6-13(12)17-14(18)8-7-11-9-21-10-16-11/h9-10,12-13H,2-8H2,1H3,(H,17,18)/t12-,13-/m1/s1. The Morgan fingerprint density at radius 2 is 2.19 bits per heavy atom. The average molecular weight is 310 g/mol. The summed E-state index contributed by atoms with van der Waals surface area (Å²) in [6.45, 7) is 0.